The van der Waals surface area contributed by atoms with Crippen molar-refractivity contribution in [3.63, 3.8) is 0 Å². The summed E-state index contributed by atoms with van der Waals surface area (Å²) in [6, 6.07) is 4.57. The minimum atomic E-state index is -1.92. The number of phenolic OH excluding ortho intramolecular Hbond substituents is 2. The molecule has 0 radical (unpaired) electrons. The second-order valence-corrected chi connectivity index (χ2v) is 13.6. The molecule has 11 unspecified atom stereocenters. The Balaban J connectivity index is 1.34. The molecule has 2 heterocycles. The predicted molar refractivity (Wildman–Crippen MR) is 176 cm³/mol. The number of phenols is 3. The Kier molecular flexibility index (Phi) is 9.42. The van der Waals surface area contributed by atoms with E-state index in [1.807, 2.05) is 0 Å². The summed E-state index contributed by atoms with van der Waals surface area (Å²) in [6.07, 6.45) is -18.2. The highest BCUT2D eigenvalue weighted by Gasteiger charge is 2.51. The van der Waals surface area contributed by atoms with Crippen molar-refractivity contribution in [2.45, 2.75) is 81.4 Å². The van der Waals surface area contributed by atoms with Gasteiger partial charge in [-0.2, -0.15) is 0 Å². The van der Waals surface area contributed by atoms with Crippen LogP contribution in [0.1, 0.15) is 78.0 Å². The molecule has 0 bridgehead atoms. The van der Waals surface area contributed by atoms with Gasteiger partial charge in [-0.05, 0) is 42.7 Å². The molecule has 2 aliphatic carbocycles. The number of ketones is 2. The Morgan fingerprint density at radius 1 is 0.759 bits per heavy atom. The molecule has 0 saturated carbocycles. The molecule has 54 heavy (non-hydrogen) atoms. The predicted octanol–water partition coefficient (Wildman–Crippen LogP) is -0.343. The fourth-order valence-electron chi connectivity index (χ4n) is 7.53. The molecule has 288 valence electrons. The number of fused-ring (bicyclic) bond motifs is 5. The zero-order valence-corrected chi connectivity index (χ0v) is 28.6. The molecule has 2 aliphatic heterocycles. The van der Waals surface area contributed by atoms with Crippen LogP contribution in [0.15, 0.2) is 24.3 Å². The van der Waals surface area contributed by atoms with Gasteiger partial charge in [0, 0.05) is 28.3 Å². The largest absolute Gasteiger partial charge is 0.507 e. The molecule has 11 atom stereocenters. The molecule has 3 aromatic carbocycles. The van der Waals surface area contributed by atoms with Crippen LogP contribution in [0, 0.1) is 6.92 Å². The Hall–Kier alpha value is -4.73. The van der Waals surface area contributed by atoms with Gasteiger partial charge in [-0.25, -0.2) is 4.79 Å². The summed E-state index contributed by atoms with van der Waals surface area (Å²) < 4.78 is 27.9. The van der Waals surface area contributed by atoms with Gasteiger partial charge in [0.05, 0.1) is 30.9 Å². The lowest BCUT2D eigenvalue weighted by molar-refractivity contribution is -0.353. The fourth-order valence-corrected chi connectivity index (χ4v) is 7.53. The number of rotatable bonds is 6. The maximum atomic E-state index is 13.9. The number of aromatic carboxylic acids is 1. The SMILES string of the molecule is COc1cc(O)c2c(c1)C(=O)c1c(cc3c(c1O)-c1c(cc(C)c(C(=O)O)c1O)C(OC1OC(C)C(O)C(OC4OCC(O)C(O)C4O)C1O)C3O)C2=O. The van der Waals surface area contributed by atoms with Gasteiger partial charge in [-0.15, -0.1) is 0 Å². The topological polar surface area (TPSA) is 300 Å². The average molecular weight is 757 g/mol. The third-order valence-corrected chi connectivity index (χ3v) is 10.3. The number of aromatic hydroxyl groups is 3. The number of aliphatic hydroxyl groups is 6. The minimum Gasteiger partial charge on any atom is -0.507 e. The number of aliphatic hydroxyl groups excluding tert-OH is 6. The van der Waals surface area contributed by atoms with E-state index in [-0.39, 0.29) is 28.0 Å². The van der Waals surface area contributed by atoms with Crippen molar-refractivity contribution in [2.24, 2.45) is 0 Å². The van der Waals surface area contributed by atoms with Crippen molar-refractivity contribution < 1.29 is 89.1 Å². The van der Waals surface area contributed by atoms with E-state index in [1.54, 1.807) is 0 Å². The van der Waals surface area contributed by atoms with Crippen molar-refractivity contribution in [1.29, 1.82) is 0 Å². The van der Waals surface area contributed by atoms with Crippen LogP contribution >= 0.6 is 0 Å². The molecule has 2 saturated heterocycles. The fraction of sp³-hybridized carbons (Fsp3) is 0.417. The van der Waals surface area contributed by atoms with Crippen molar-refractivity contribution in [2.75, 3.05) is 13.7 Å². The van der Waals surface area contributed by atoms with E-state index < -0.39 is 142 Å². The Labute approximate surface area is 304 Å². The number of benzene rings is 3. The molecule has 18 nitrogen and oxygen atoms in total. The molecule has 4 aliphatic rings. The Morgan fingerprint density at radius 3 is 2.07 bits per heavy atom. The lowest BCUT2D eigenvalue weighted by Crippen LogP contribution is -2.62. The van der Waals surface area contributed by atoms with Crippen LogP contribution < -0.4 is 4.74 Å². The summed E-state index contributed by atoms with van der Waals surface area (Å²) in [5, 5.41) is 109. The number of ether oxygens (including phenoxy) is 5. The van der Waals surface area contributed by atoms with Crippen LogP contribution in [0.5, 0.6) is 23.0 Å². The summed E-state index contributed by atoms with van der Waals surface area (Å²) in [7, 11) is 1.26. The average Bonchev–Trinajstić information content (AvgIpc) is 3.12. The third-order valence-electron chi connectivity index (χ3n) is 10.3. The molecule has 0 aromatic heterocycles. The molecular formula is C36H36O18. The number of carboxylic acid groups (broad SMARTS) is 1. The van der Waals surface area contributed by atoms with Crippen molar-refractivity contribution in [1.82, 2.24) is 0 Å². The van der Waals surface area contributed by atoms with Crippen LogP contribution in [0.2, 0.25) is 0 Å². The first-order valence-corrected chi connectivity index (χ1v) is 16.6. The zero-order valence-electron chi connectivity index (χ0n) is 28.6. The van der Waals surface area contributed by atoms with Gasteiger partial charge in [0.2, 0.25) is 0 Å². The van der Waals surface area contributed by atoms with Crippen LogP contribution in [0.25, 0.3) is 11.1 Å². The normalized spacial score (nSPS) is 31.6. The van der Waals surface area contributed by atoms with Gasteiger partial charge in [-0.1, -0.05) is 6.07 Å². The number of hydrogen-bond donors (Lipinski definition) is 10. The summed E-state index contributed by atoms with van der Waals surface area (Å²) in [6.45, 7) is 2.26. The van der Waals surface area contributed by atoms with E-state index in [2.05, 4.69) is 0 Å². The van der Waals surface area contributed by atoms with Crippen LogP contribution in [0.3, 0.4) is 0 Å². The second kappa shape index (κ2) is 13.5. The van der Waals surface area contributed by atoms with Gasteiger partial charge >= 0.3 is 5.97 Å². The zero-order chi connectivity index (χ0) is 39.2. The molecule has 3 aromatic rings. The maximum Gasteiger partial charge on any atom is 0.339 e. The summed E-state index contributed by atoms with van der Waals surface area (Å²) in [5.74, 6) is -5.81. The highest BCUT2D eigenvalue weighted by Crippen LogP contribution is 2.57. The lowest BCUT2D eigenvalue weighted by atomic mass is 9.74. The molecule has 0 spiro atoms. The van der Waals surface area contributed by atoms with Crippen LogP contribution in [0.4, 0.5) is 0 Å². The van der Waals surface area contributed by atoms with E-state index in [1.165, 1.54) is 33.1 Å². The highest BCUT2D eigenvalue weighted by atomic mass is 16.7. The number of carbonyl (C=O) groups excluding carboxylic acids is 2. The van der Waals surface area contributed by atoms with Crippen molar-refractivity contribution in [3.8, 4) is 34.1 Å². The minimum absolute atomic E-state index is 0.0220. The lowest BCUT2D eigenvalue weighted by Gasteiger charge is -2.45. The molecule has 10 N–H and O–H groups in total. The smallest absolute Gasteiger partial charge is 0.339 e. The Morgan fingerprint density at radius 2 is 1.41 bits per heavy atom. The van der Waals surface area contributed by atoms with Gasteiger partial charge in [0.1, 0.15) is 77.4 Å². The van der Waals surface area contributed by atoms with Crippen LogP contribution in [-0.2, 0) is 18.9 Å². The molecule has 18 heteroatoms. The van der Waals surface area contributed by atoms with E-state index in [0.717, 1.165) is 12.1 Å². The van der Waals surface area contributed by atoms with Crippen LogP contribution in [-0.4, -0.2) is 138 Å². The number of methoxy groups -OCH3 is 1. The quantitative estimate of drug-likeness (QED) is 0.120. The maximum absolute atomic E-state index is 13.9. The number of carbonyl (C=O) groups is 3. The monoisotopic (exact) mass is 756 g/mol. The summed E-state index contributed by atoms with van der Waals surface area (Å²) >= 11 is 0. The van der Waals surface area contributed by atoms with E-state index >= 15 is 0 Å². The number of hydrogen-bond acceptors (Lipinski definition) is 17. The first-order chi connectivity index (χ1) is 25.5. The summed E-state index contributed by atoms with van der Waals surface area (Å²) in [4.78, 5) is 40.1. The Bertz CT molecular complexity index is 2080. The van der Waals surface area contributed by atoms with E-state index in [9.17, 15) is 65.4 Å². The third kappa shape index (κ3) is 5.61. The first kappa shape index (κ1) is 37.6. The number of carboxylic acids is 1. The van der Waals surface area contributed by atoms with E-state index in [4.69, 9.17) is 23.7 Å². The standard InChI is InChI=1S/C36H36O18/c1-9-4-15-21(28(44)18(9)34(48)49)20-13(7-14-22(29(20)45)25(41)12-5-11(50-3)6-16(37)19(12)24(14)40)26(42)32(15)53-36-31(47)33(23(39)10(2)52-36)54-35-30(46)27(43)17(38)8-51-35/h4-7,10,17,23,26-27,30-33,35-39,42-47H,8H2,1-3H3,(H,48,49). The highest BCUT2D eigenvalue weighted by molar-refractivity contribution is 6.31. The van der Waals surface area contributed by atoms with Gasteiger partial charge in [-0.3, -0.25) is 9.59 Å². The number of aryl methyl sites for hydroxylation is 1. The first-order valence-electron chi connectivity index (χ1n) is 16.6. The van der Waals surface area contributed by atoms with Crippen molar-refractivity contribution >= 4 is 17.5 Å². The van der Waals surface area contributed by atoms with Gasteiger partial charge in [0.15, 0.2) is 24.1 Å². The molecule has 0 amide bonds. The molecule has 2 fully saturated rings. The second-order valence-electron chi connectivity index (χ2n) is 13.6. The van der Waals surface area contributed by atoms with Crippen molar-refractivity contribution in [3.05, 3.63) is 68.8 Å². The van der Waals surface area contributed by atoms with Gasteiger partial charge < -0.3 is 74.7 Å². The summed E-state index contributed by atoms with van der Waals surface area (Å²) in [5.41, 5.74) is -3.65. The van der Waals surface area contributed by atoms with Gasteiger partial charge in [0.25, 0.3) is 0 Å². The molecule has 7 rings (SSSR count). The van der Waals surface area contributed by atoms with E-state index in [0.29, 0.717) is 0 Å². The molecular weight excluding hydrogens is 720 g/mol.